The summed E-state index contributed by atoms with van der Waals surface area (Å²) in [6, 6.07) is 0. The molecule has 1 radical (unpaired) electrons. The largest absolute Gasteiger partial charge is 0.378 e. The quantitative estimate of drug-likeness (QED) is 0.556. The van der Waals surface area contributed by atoms with Gasteiger partial charge in [-0.15, -0.1) is 0 Å². The molecule has 0 heterocycles. The molecule has 0 atom stereocenters. The summed E-state index contributed by atoms with van der Waals surface area (Å²) in [5.74, 6) is 0.920. The lowest BCUT2D eigenvalue weighted by Crippen LogP contribution is -1.97. The average Bonchev–Trinajstić information content (AvgIpc) is 2.57. The van der Waals surface area contributed by atoms with E-state index in [9.17, 15) is 0 Å². The third-order valence-corrected chi connectivity index (χ3v) is 1.91. The van der Waals surface area contributed by atoms with Crippen LogP contribution in [0.3, 0.4) is 0 Å². The lowest BCUT2D eigenvalue weighted by Gasteiger charge is -1.97. The van der Waals surface area contributed by atoms with Crippen molar-refractivity contribution in [2.75, 3.05) is 6.61 Å². The highest BCUT2D eigenvalue weighted by molar-refractivity contribution is 4.87. The zero-order chi connectivity index (χ0) is 6.10. The first-order chi connectivity index (χ1) is 4.45. The first-order valence-corrected chi connectivity index (χ1v) is 3.90. The molecular formula is C8H13O. The summed E-state index contributed by atoms with van der Waals surface area (Å²) in [6.45, 7) is 0.912. The van der Waals surface area contributed by atoms with Crippen molar-refractivity contribution in [1.82, 2.24) is 0 Å². The van der Waals surface area contributed by atoms with Crippen molar-refractivity contribution >= 4 is 0 Å². The number of hydrogen-bond acceptors (Lipinski definition) is 1. The maximum Gasteiger partial charge on any atom is 0.0577 e. The van der Waals surface area contributed by atoms with Gasteiger partial charge in [-0.2, -0.15) is 0 Å². The van der Waals surface area contributed by atoms with Crippen LogP contribution in [0.1, 0.15) is 25.7 Å². The van der Waals surface area contributed by atoms with Gasteiger partial charge in [0, 0.05) is 0 Å². The number of hydrogen-bond donors (Lipinski definition) is 0. The highest BCUT2D eigenvalue weighted by atomic mass is 16.5. The summed E-state index contributed by atoms with van der Waals surface area (Å²) >= 11 is 0. The minimum absolute atomic E-state index is 0.639. The molecule has 9 heavy (non-hydrogen) atoms. The third-order valence-electron chi connectivity index (χ3n) is 1.91. The van der Waals surface area contributed by atoms with Gasteiger partial charge < -0.3 is 4.74 Å². The van der Waals surface area contributed by atoms with Gasteiger partial charge in [-0.1, -0.05) is 0 Å². The van der Waals surface area contributed by atoms with Crippen LogP contribution in [-0.4, -0.2) is 12.7 Å². The normalized spacial score (nSPS) is 26.7. The molecule has 51 valence electrons. The number of ether oxygens (including phenoxy) is 1. The predicted molar refractivity (Wildman–Crippen MR) is 36.0 cm³/mol. The van der Waals surface area contributed by atoms with Gasteiger partial charge in [0.05, 0.1) is 12.7 Å². The van der Waals surface area contributed by atoms with Crippen molar-refractivity contribution in [3.63, 3.8) is 0 Å². The van der Waals surface area contributed by atoms with E-state index in [-0.39, 0.29) is 0 Å². The van der Waals surface area contributed by atoms with Gasteiger partial charge in [0.1, 0.15) is 0 Å². The van der Waals surface area contributed by atoms with E-state index in [0.717, 1.165) is 12.5 Å². The van der Waals surface area contributed by atoms with Crippen molar-refractivity contribution in [2.45, 2.75) is 31.8 Å². The van der Waals surface area contributed by atoms with Gasteiger partial charge in [-0.3, -0.25) is 0 Å². The Morgan fingerprint density at radius 2 is 2.00 bits per heavy atom. The molecule has 0 aromatic carbocycles. The van der Waals surface area contributed by atoms with Crippen molar-refractivity contribution in [2.24, 2.45) is 5.92 Å². The Labute approximate surface area is 56.4 Å². The van der Waals surface area contributed by atoms with E-state index in [1.54, 1.807) is 0 Å². The fraction of sp³-hybridized carbons (Fsp3) is 0.875. The topological polar surface area (TPSA) is 9.23 Å². The SMILES string of the molecule is [CH](COC1CC1)C1CC1. The predicted octanol–water partition coefficient (Wildman–Crippen LogP) is 1.78. The van der Waals surface area contributed by atoms with E-state index >= 15 is 0 Å². The van der Waals surface area contributed by atoms with Crippen LogP contribution in [0.2, 0.25) is 0 Å². The summed E-state index contributed by atoms with van der Waals surface area (Å²) in [4.78, 5) is 0. The Bertz CT molecular complexity index is 80.7. The molecule has 0 saturated heterocycles. The van der Waals surface area contributed by atoms with Crippen molar-refractivity contribution < 1.29 is 4.74 Å². The summed E-state index contributed by atoms with van der Waals surface area (Å²) in [7, 11) is 0. The molecule has 2 saturated carbocycles. The molecule has 0 unspecified atom stereocenters. The molecule has 1 heteroatoms. The molecule has 0 amide bonds. The molecule has 2 fully saturated rings. The van der Waals surface area contributed by atoms with E-state index in [0.29, 0.717) is 6.10 Å². The Morgan fingerprint density at radius 1 is 1.22 bits per heavy atom. The lowest BCUT2D eigenvalue weighted by molar-refractivity contribution is 0.136. The van der Waals surface area contributed by atoms with Crippen LogP contribution in [0.25, 0.3) is 0 Å². The Hall–Kier alpha value is -0.0400. The van der Waals surface area contributed by atoms with Crippen molar-refractivity contribution in [1.29, 1.82) is 0 Å². The molecular weight excluding hydrogens is 112 g/mol. The van der Waals surface area contributed by atoms with Gasteiger partial charge in [-0.25, -0.2) is 0 Å². The monoisotopic (exact) mass is 125 g/mol. The fourth-order valence-corrected chi connectivity index (χ4v) is 0.894. The molecule has 2 aliphatic carbocycles. The average molecular weight is 125 g/mol. The minimum Gasteiger partial charge on any atom is -0.378 e. The van der Waals surface area contributed by atoms with Crippen LogP contribution >= 0.6 is 0 Å². The maximum absolute atomic E-state index is 5.45. The summed E-state index contributed by atoms with van der Waals surface area (Å²) < 4.78 is 5.45. The van der Waals surface area contributed by atoms with Gasteiger partial charge in [-0.05, 0) is 38.0 Å². The van der Waals surface area contributed by atoms with Crippen LogP contribution in [-0.2, 0) is 4.74 Å². The second-order valence-corrected chi connectivity index (χ2v) is 3.11. The minimum atomic E-state index is 0.639. The molecule has 0 spiro atoms. The maximum atomic E-state index is 5.45. The molecule has 0 aromatic rings. The first kappa shape index (κ1) is 5.72. The fourth-order valence-electron chi connectivity index (χ4n) is 0.894. The zero-order valence-corrected chi connectivity index (χ0v) is 5.68. The van der Waals surface area contributed by atoms with Gasteiger partial charge in [0.15, 0.2) is 0 Å². The van der Waals surface area contributed by atoms with Crippen molar-refractivity contribution in [3.05, 3.63) is 6.42 Å². The van der Waals surface area contributed by atoms with Crippen molar-refractivity contribution in [3.8, 4) is 0 Å². The molecule has 1 nitrogen and oxygen atoms in total. The van der Waals surface area contributed by atoms with Gasteiger partial charge >= 0.3 is 0 Å². The second-order valence-electron chi connectivity index (χ2n) is 3.11. The van der Waals surface area contributed by atoms with Gasteiger partial charge in [0.25, 0.3) is 0 Å². The molecule has 0 aromatic heterocycles. The van der Waals surface area contributed by atoms with E-state index in [1.165, 1.54) is 25.7 Å². The molecule has 2 rings (SSSR count). The van der Waals surface area contributed by atoms with Gasteiger partial charge in [0.2, 0.25) is 0 Å². The van der Waals surface area contributed by atoms with Crippen LogP contribution in [0.4, 0.5) is 0 Å². The van der Waals surface area contributed by atoms with Crippen LogP contribution in [0, 0.1) is 12.3 Å². The Morgan fingerprint density at radius 3 is 2.56 bits per heavy atom. The third kappa shape index (κ3) is 1.98. The van der Waals surface area contributed by atoms with E-state index in [2.05, 4.69) is 6.42 Å². The first-order valence-electron chi connectivity index (χ1n) is 3.90. The zero-order valence-electron chi connectivity index (χ0n) is 5.68. The number of rotatable bonds is 4. The molecule has 0 bridgehead atoms. The van der Waals surface area contributed by atoms with Crippen LogP contribution < -0.4 is 0 Å². The summed E-state index contributed by atoms with van der Waals surface area (Å²) in [5.41, 5.74) is 0. The smallest absolute Gasteiger partial charge is 0.0577 e. The molecule has 0 N–H and O–H groups in total. The van der Waals surface area contributed by atoms with Crippen LogP contribution in [0.5, 0.6) is 0 Å². The van der Waals surface area contributed by atoms with E-state index < -0.39 is 0 Å². The second kappa shape index (κ2) is 2.30. The Kier molecular flexibility index (Phi) is 1.46. The summed E-state index contributed by atoms with van der Waals surface area (Å²) in [5, 5.41) is 0. The summed E-state index contributed by atoms with van der Waals surface area (Å²) in [6.07, 6.45) is 8.39. The Balaban J connectivity index is 1.46. The van der Waals surface area contributed by atoms with E-state index in [4.69, 9.17) is 4.74 Å². The highest BCUT2D eigenvalue weighted by Crippen LogP contribution is 2.32. The standard InChI is InChI=1S/C8H13O/c1-2-7(1)5-6-9-8-3-4-8/h5,7-8H,1-4,6H2. The molecule has 0 aliphatic heterocycles. The molecule has 2 aliphatic rings. The lowest BCUT2D eigenvalue weighted by atomic mass is 10.3. The highest BCUT2D eigenvalue weighted by Gasteiger charge is 2.25. The van der Waals surface area contributed by atoms with Crippen LogP contribution in [0.15, 0.2) is 0 Å². The van der Waals surface area contributed by atoms with E-state index in [1.807, 2.05) is 0 Å².